The summed E-state index contributed by atoms with van der Waals surface area (Å²) in [6.07, 6.45) is 0.207. The average molecular weight is 297 g/mol. The fraction of sp³-hybridized carbons (Fsp3) is 0.0625. The van der Waals surface area contributed by atoms with E-state index in [1.807, 2.05) is 30.3 Å². The van der Waals surface area contributed by atoms with E-state index in [2.05, 4.69) is 15.5 Å². The quantitative estimate of drug-likeness (QED) is 0.803. The van der Waals surface area contributed by atoms with Crippen molar-refractivity contribution >= 4 is 11.9 Å². The van der Waals surface area contributed by atoms with E-state index < -0.39 is 5.82 Å². The number of rotatable bonds is 4. The minimum Gasteiger partial charge on any atom is -0.403 e. The molecule has 0 aliphatic rings. The van der Waals surface area contributed by atoms with E-state index >= 15 is 0 Å². The second-order valence-corrected chi connectivity index (χ2v) is 4.63. The summed E-state index contributed by atoms with van der Waals surface area (Å²) in [4.78, 5) is 11.9. The summed E-state index contributed by atoms with van der Waals surface area (Å²) in [5, 5.41) is 10.0. The molecule has 3 rings (SSSR count). The van der Waals surface area contributed by atoms with Gasteiger partial charge in [-0.1, -0.05) is 41.5 Å². The van der Waals surface area contributed by atoms with Gasteiger partial charge in [0.05, 0.1) is 6.42 Å². The van der Waals surface area contributed by atoms with Crippen molar-refractivity contribution in [3.63, 3.8) is 0 Å². The molecule has 1 aromatic heterocycles. The summed E-state index contributed by atoms with van der Waals surface area (Å²) in [7, 11) is 0. The van der Waals surface area contributed by atoms with Gasteiger partial charge >= 0.3 is 6.01 Å². The topological polar surface area (TPSA) is 68.0 Å². The highest BCUT2D eigenvalue weighted by Gasteiger charge is 2.12. The Hall–Kier alpha value is -3.02. The van der Waals surface area contributed by atoms with Crippen LogP contribution in [0.25, 0.3) is 11.5 Å². The lowest BCUT2D eigenvalue weighted by molar-refractivity contribution is -0.115. The molecule has 0 fully saturated rings. The minimum atomic E-state index is -0.398. The molecular formula is C16H12FN3O2. The van der Waals surface area contributed by atoms with Crippen molar-refractivity contribution in [2.45, 2.75) is 6.42 Å². The van der Waals surface area contributed by atoms with Gasteiger partial charge in [0, 0.05) is 5.56 Å². The first-order valence-corrected chi connectivity index (χ1v) is 6.64. The van der Waals surface area contributed by atoms with Gasteiger partial charge in [-0.05, 0) is 23.8 Å². The van der Waals surface area contributed by atoms with E-state index in [4.69, 9.17) is 4.42 Å². The molecule has 0 saturated carbocycles. The van der Waals surface area contributed by atoms with Gasteiger partial charge in [-0.3, -0.25) is 10.1 Å². The van der Waals surface area contributed by atoms with Crippen molar-refractivity contribution in [1.29, 1.82) is 0 Å². The SMILES string of the molecule is O=C(Cc1ccccc1)Nc1nnc(-c2cccc(F)c2)o1. The molecule has 0 atom stereocenters. The molecule has 0 bridgehead atoms. The van der Waals surface area contributed by atoms with Crippen LogP contribution in [0.1, 0.15) is 5.56 Å². The Bertz CT molecular complexity index is 787. The van der Waals surface area contributed by atoms with Gasteiger partial charge in [0.15, 0.2) is 0 Å². The number of aromatic nitrogens is 2. The number of benzene rings is 2. The van der Waals surface area contributed by atoms with Crippen molar-refractivity contribution in [3.05, 3.63) is 66.0 Å². The van der Waals surface area contributed by atoms with Gasteiger partial charge < -0.3 is 4.42 Å². The number of carbonyl (C=O) groups is 1. The van der Waals surface area contributed by atoms with Crippen LogP contribution in [0.2, 0.25) is 0 Å². The Morgan fingerprint density at radius 3 is 2.68 bits per heavy atom. The molecule has 6 heteroatoms. The van der Waals surface area contributed by atoms with Crippen molar-refractivity contribution in [2.24, 2.45) is 0 Å². The number of hydrogen-bond donors (Lipinski definition) is 1. The number of nitrogens with zero attached hydrogens (tertiary/aromatic N) is 2. The molecule has 0 aliphatic carbocycles. The van der Waals surface area contributed by atoms with E-state index in [0.29, 0.717) is 5.56 Å². The normalized spacial score (nSPS) is 10.4. The first kappa shape index (κ1) is 13.9. The highest BCUT2D eigenvalue weighted by Crippen LogP contribution is 2.20. The summed E-state index contributed by atoms with van der Waals surface area (Å²) in [5.41, 5.74) is 1.33. The van der Waals surface area contributed by atoms with Crippen LogP contribution in [0, 0.1) is 5.82 Å². The molecule has 1 amide bonds. The summed E-state index contributed by atoms with van der Waals surface area (Å²) >= 11 is 0. The predicted molar refractivity (Wildman–Crippen MR) is 78.5 cm³/mol. The molecule has 0 saturated heterocycles. The van der Waals surface area contributed by atoms with E-state index in [9.17, 15) is 9.18 Å². The molecule has 5 nitrogen and oxygen atoms in total. The van der Waals surface area contributed by atoms with E-state index in [1.165, 1.54) is 12.1 Å². The number of anilines is 1. The van der Waals surface area contributed by atoms with Gasteiger partial charge in [0.2, 0.25) is 11.8 Å². The third-order valence-corrected chi connectivity index (χ3v) is 2.95. The van der Waals surface area contributed by atoms with Crippen LogP contribution in [-0.4, -0.2) is 16.1 Å². The van der Waals surface area contributed by atoms with Crippen molar-refractivity contribution < 1.29 is 13.6 Å². The second kappa shape index (κ2) is 6.17. The fourth-order valence-electron chi connectivity index (χ4n) is 1.96. The lowest BCUT2D eigenvalue weighted by Gasteiger charge is -2.00. The molecule has 3 aromatic rings. The molecule has 1 N–H and O–H groups in total. The number of hydrogen-bond acceptors (Lipinski definition) is 4. The first-order valence-electron chi connectivity index (χ1n) is 6.64. The molecule has 0 radical (unpaired) electrons. The standard InChI is InChI=1S/C16H12FN3O2/c17-13-8-4-7-12(10-13)15-19-20-16(22-15)18-14(21)9-11-5-2-1-3-6-11/h1-8,10H,9H2,(H,18,20,21). The van der Waals surface area contributed by atoms with Crippen LogP contribution in [0.4, 0.5) is 10.4 Å². The summed E-state index contributed by atoms with van der Waals surface area (Å²) in [5.74, 6) is -0.513. The Kier molecular flexibility index (Phi) is 3.91. The Balaban J connectivity index is 1.68. The Labute approximate surface area is 125 Å². The lowest BCUT2D eigenvalue weighted by Crippen LogP contribution is -2.14. The van der Waals surface area contributed by atoms with Crippen molar-refractivity contribution in [3.8, 4) is 11.5 Å². The number of nitrogens with one attached hydrogen (secondary N) is 1. The smallest absolute Gasteiger partial charge is 0.322 e. The molecule has 0 aliphatic heterocycles. The van der Waals surface area contributed by atoms with E-state index in [-0.39, 0.29) is 24.2 Å². The zero-order valence-corrected chi connectivity index (χ0v) is 11.5. The number of halogens is 1. The Morgan fingerprint density at radius 2 is 1.91 bits per heavy atom. The third kappa shape index (κ3) is 3.35. The van der Waals surface area contributed by atoms with Gasteiger partial charge in [-0.2, -0.15) is 0 Å². The maximum absolute atomic E-state index is 13.2. The number of carbonyl (C=O) groups excluding carboxylic acids is 1. The maximum atomic E-state index is 13.2. The molecule has 110 valence electrons. The highest BCUT2D eigenvalue weighted by atomic mass is 19.1. The highest BCUT2D eigenvalue weighted by molar-refractivity contribution is 5.90. The summed E-state index contributed by atoms with van der Waals surface area (Å²) < 4.78 is 18.5. The molecule has 22 heavy (non-hydrogen) atoms. The van der Waals surface area contributed by atoms with Gasteiger partial charge in [-0.15, -0.1) is 5.10 Å². The lowest BCUT2D eigenvalue weighted by atomic mass is 10.1. The summed E-state index contributed by atoms with van der Waals surface area (Å²) in [6, 6.07) is 15.1. The average Bonchev–Trinajstić information content (AvgIpc) is 2.96. The largest absolute Gasteiger partial charge is 0.403 e. The van der Waals surface area contributed by atoms with Crippen LogP contribution in [0.15, 0.2) is 59.0 Å². The van der Waals surface area contributed by atoms with E-state index in [1.54, 1.807) is 12.1 Å². The Morgan fingerprint density at radius 1 is 1.09 bits per heavy atom. The van der Waals surface area contributed by atoms with Crippen LogP contribution in [0.3, 0.4) is 0 Å². The van der Waals surface area contributed by atoms with Crippen LogP contribution < -0.4 is 5.32 Å². The monoisotopic (exact) mass is 297 g/mol. The minimum absolute atomic E-state index is 0.0137. The molecular weight excluding hydrogens is 285 g/mol. The maximum Gasteiger partial charge on any atom is 0.322 e. The van der Waals surface area contributed by atoms with Crippen LogP contribution >= 0.6 is 0 Å². The van der Waals surface area contributed by atoms with Crippen LogP contribution in [-0.2, 0) is 11.2 Å². The fourth-order valence-corrected chi connectivity index (χ4v) is 1.96. The summed E-state index contributed by atoms with van der Waals surface area (Å²) in [6.45, 7) is 0. The predicted octanol–water partition coefficient (Wildman–Crippen LogP) is 3.06. The van der Waals surface area contributed by atoms with Crippen molar-refractivity contribution in [2.75, 3.05) is 5.32 Å². The molecule has 2 aromatic carbocycles. The molecule has 0 unspecified atom stereocenters. The zero-order chi connectivity index (χ0) is 15.4. The zero-order valence-electron chi connectivity index (χ0n) is 11.5. The van der Waals surface area contributed by atoms with Gasteiger partial charge in [-0.25, -0.2) is 4.39 Å². The third-order valence-electron chi connectivity index (χ3n) is 2.95. The van der Waals surface area contributed by atoms with Gasteiger partial charge in [0.25, 0.3) is 0 Å². The van der Waals surface area contributed by atoms with Crippen LogP contribution in [0.5, 0.6) is 0 Å². The van der Waals surface area contributed by atoms with E-state index in [0.717, 1.165) is 5.56 Å². The molecule has 1 heterocycles. The first-order chi connectivity index (χ1) is 10.7. The molecule has 0 spiro atoms. The van der Waals surface area contributed by atoms with Crippen molar-refractivity contribution in [1.82, 2.24) is 10.2 Å². The van der Waals surface area contributed by atoms with Gasteiger partial charge in [0.1, 0.15) is 5.82 Å². The second-order valence-electron chi connectivity index (χ2n) is 4.63. The number of amides is 1.